The molecule has 1 aliphatic carbocycles. The molecule has 0 saturated heterocycles. The van der Waals surface area contributed by atoms with Crippen LogP contribution in [0.3, 0.4) is 0 Å². The predicted octanol–water partition coefficient (Wildman–Crippen LogP) is 1.95. The maximum absolute atomic E-state index is 12.7. The topological polar surface area (TPSA) is 63.4 Å². The molecule has 0 spiro atoms. The number of hydrogen-bond donors (Lipinski definition) is 1. The van der Waals surface area contributed by atoms with Crippen molar-refractivity contribution in [2.45, 2.75) is 43.5 Å². The van der Waals surface area contributed by atoms with Crippen LogP contribution in [0.5, 0.6) is 0 Å². The van der Waals surface area contributed by atoms with Gasteiger partial charge in [-0.3, -0.25) is 0 Å². The average Bonchev–Trinajstić information content (AvgIpc) is 3.00. The predicted molar refractivity (Wildman–Crippen MR) is 84.2 cm³/mol. The summed E-state index contributed by atoms with van der Waals surface area (Å²) >= 11 is 0. The molecule has 1 aliphatic rings. The molecule has 0 atom stereocenters. The van der Waals surface area contributed by atoms with Crippen LogP contribution in [0.2, 0.25) is 0 Å². The van der Waals surface area contributed by atoms with Gasteiger partial charge >= 0.3 is 0 Å². The van der Waals surface area contributed by atoms with E-state index in [1.54, 1.807) is 28.6 Å². The summed E-state index contributed by atoms with van der Waals surface area (Å²) in [5, 5.41) is 0. The minimum Gasteiger partial charge on any atom is -0.320 e. The van der Waals surface area contributed by atoms with Crippen molar-refractivity contribution in [3.05, 3.63) is 29.8 Å². The molecule has 0 bridgehead atoms. The zero-order chi connectivity index (χ0) is 15.3. The summed E-state index contributed by atoms with van der Waals surface area (Å²) in [5.74, 6) is 5.66. The van der Waals surface area contributed by atoms with Gasteiger partial charge in [0, 0.05) is 18.2 Å². The van der Waals surface area contributed by atoms with Gasteiger partial charge in [-0.2, -0.15) is 4.31 Å². The molecule has 2 N–H and O–H groups in total. The number of nitrogens with zero attached hydrogens (tertiary/aromatic N) is 1. The second kappa shape index (κ2) is 7.08. The molecule has 1 saturated carbocycles. The van der Waals surface area contributed by atoms with Gasteiger partial charge in [0.2, 0.25) is 10.0 Å². The van der Waals surface area contributed by atoms with Gasteiger partial charge in [0.15, 0.2) is 0 Å². The lowest BCUT2D eigenvalue weighted by atomic mass is 10.2. The second-order valence-corrected chi connectivity index (χ2v) is 7.07. The van der Waals surface area contributed by atoms with Crippen molar-refractivity contribution >= 4 is 10.0 Å². The van der Waals surface area contributed by atoms with E-state index in [4.69, 9.17) is 5.73 Å². The van der Waals surface area contributed by atoms with E-state index in [1.807, 2.05) is 6.92 Å². The van der Waals surface area contributed by atoms with Crippen LogP contribution in [-0.2, 0) is 10.0 Å². The van der Waals surface area contributed by atoms with Gasteiger partial charge in [-0.05, 0) is 37.1 Å². The number of hydrogen-bond acceptors (Lipinski definition) is 3. The van der Waals surface area contributed by atoms with E-state index < -0.39 is 10.0 Å². The van der Waals surface area contributed by atoms with Crippen LogP contribution in [0, 0.1) is 11.8 Å². The molecule has 1 fully saturated rings. The third-order valence-corrected chi connectivity index (χ3v) is 5.88. The van der Waals surface area contributed by atoms with Crippen LogP contribution < -0.4 is 5.73 Å². The molecule has 0 aliphatic heterocycles. The summed E-state index contributed by atoms with van der Waals surface area (Å²) < 4.78 is 27.1. The highest BCUT2D eigenvalue weighted by Crippen LogP contribution is 2.28. The molecule has 0 aromatic heterocycles. The second-order valence-electron chi connectivity index (χ2n) is 5.18. The van der Waals surface area contributed by atoms with Crippen molar-refractivity contribution < 1.29 is 8.42 Å². The lowest BCUT2D eigenvalue weighted by Gasteiger charge is -2.26. The fourth-order valence-corrected chi connectivity index (χ4v) is 4.51. The smallest absolute Gasteiger partial charge is 0.243 e. The molecule has 0 radical (unpaired) electrons. The Balaban J connectivity index is 2.25. The van der Waals surface area contributed by atoms with Crippen LogP contribution in [0.4, 0.5) is 0 Å². The Hall–Kier alpha value is -1.35. The van der Waals surface area contributed by atoms with Crippen molar-refractivity contribution in [3.63, 3.8) is 0 Å². The highest BCUT2D eigenvalue weighted by Gasteiger charge is 2.31. The number of nitrogens with two attached hydrogens (primary N) is 1. The van der Waals surface area contributed by atoms with E-state index in [0.717, 1.165) is 31.2 Å². The molecule has 0 unspecified atom stereocenters. The molecule has 5 heteroatoms. The van der Waals surface area contributed by atoms with Crippen LogP contribution in [0.25, 0.3) is 0 Å². The number of sulfonamides is 1. The Morgan fingerprint density at radius 2 is 1.86 bits per heavy atom. The summed E-state index contributed by atoms with van der Waals surface area (Å²) in [6, 6.07) is 6.88. The Bertz CT molecular complexity index is 620. The first kappa shape index (κ1) is 16.0. The summed E-state index contributed by atoms with van der Waals surface area (Å²) in [6.07, 6.45) is 4.16. The largest absolute Gasteiger partial charge is 0.320 e. The molecular formula is C16H22N2O2S. The van der Waals surface area contributed by atoms with E-state index in [9.17, 15) is 8.42 Å². The molecule has 114 valence electrons. The Morgan fingerprint density at radius 3 is 2.38 bits per heavy atom. The Morgan fingerprint density at radius 1 is 1.24 bits per heavy atom. The van der Waals surface area contributed by atoms with Crippen LogP contribution in [0.15, 0.2) is 29.2 Å². The maximum atomic E-state index is 12.7. The van der Waals surface area contributed by atoms with Crippen LogP contribution in [0.1, 0.15) is 38.2 Å². The minimum atomic E-state index is -3.41. The quantitative estimate of drug-likeness (QED) is 0.865. The summed E-state index contributed by atoms with van der Waals surface area (Å²) in [5.41, 5.74) is 6.11. The van der Waals surface area contributed by atoms with Crippen molar-refractivity contribution in [3.8, 4) is 11.8 Å². The molecular weight excluding hydrogens is 284 g/mol. The van der Waals surface area contributed by atoms with Crippen LogP contribution >= 0.6 is 0 Å². The van der Waals surface area contributed by atoms with Gasteiger partial charge in [0.25, 0.3) is 0 Å². The van der Waals surface area contributed by atoms with Gasteiger partial charge in [-0.25, -0.2) is 8.42 Å². The first-order valence-corrected chi connectivity index (χ1v) is 8.84. The van der Waals surface area contributed by atoms with Gasteiger partial charge in [0.05, 0.1) is 11.4 Å². The highest BCUT2D eigenvalue weighted by atomic mass is 32.2. The van der Waals surface area contributed by atoms with Crippen LogP contribution in [-0.4, -0.2) is 31.9 Å². The minimum absolute atomic E-state index is 0.150. The Kier molecular flexibility index (Phi) is 5.40. The van der Waals surface area contributed by atoms with Gasteiger partial charge in [-0.1, -0.05) is 31.6 Å². The average molecular weight is 306 g/mol. The molecule has 2 rings (SSSR count). The van der Waals surface area contributed by atoms with Gasteiger partial charge in [0.1, 0.15) is 0 Å². The zero-order valence-electron chi connectivity index (χ0n) is 12.4. The van der Waals surface area contributed by atoms with E-state index in [1.165, 1.54) is 0 Å². The molecule has 1 aromatic rings. The monoisotopic (exact) mass is 306 g/mol. The normalized spacial score (nSPS) is 16.0. The van der Waals surface area contributed by atoms with E-state index in [-0.39, 0.29) is 6.04 Å². The molecule has 0 amide bonds. The van der Waals surface area contributed by atoms with E-state index in [0.29, 0.717) is 18.0 Å². The Labute approximate surface area is 127 Å². The van der Waals surface area contributed by atoms with Crippen molar-refractivity contribution in [2.75, 3.05) is 13.1 Å². The summed E-state index contributed by atoms with van der Waals surface area (Å²) in [6.45, 7) is 2.71. The SMILES string of the molecule is CCN(C1CCCC1)S(=O)(=O)c1ccc(C#CCN)cc1. The number of benzene rings is 1. The van der Waals surface area contributed by atoms with Crippen molar-refractivity contribution in [1.82, 2.24) is 4.31 Å². The summed E-state index contributed by atoms with van der Waals surface area (Å²) in [4.78, 5) is 0.342. The van der Waals surface area contributed by atoms with Gasteiger partial charge < -0.3 is 5.73 Å². The van der Waals surface area contributed by atoms with E-state index in [2.05, 4.69) is 11.8 Å². The first-order valence-electron chi connectivity index (χ1n) is 7.40. The highest BCUT2D eigenvalue weighted by molar-refractivity contribution is 7.89. The third-order valence-electron chi connectivity index (χ3n) is 3.84. The summed E-state index contributed by atoms with van der Waals surface area (Å²) in [7, 11) is -3.41. The number of rotatable bonds is 4. The molecule has 1 aromatic carbocycles. The zero-order valence-corrected chi connectivity index (χ0v) is 13.2. The first-order chi connectivity index (χ1) is 10.1. The van der Waals surface area contributed by atoms with E-state index >= 15 is 0 Å². The maximum Gasteiger partial charge on any atom is 0.243 e. The molecule has 4 nitrogen and oxygen atoms in total. The van der Waals surface area contributed by atoms with Crippen molar-refractivity contribution in [2.24, 2.45) is 5.73 Å². The fourth-order valence-electron chi connectivity index (χ4n) is 2.82. The lowest BCUT2D eigenvalue weighted by molar-refractivity contribution is 0.335. The molecule has 21 heavy (non-hydrogen) atoms. The van der Waals surface area contributed by atoms with Crippen molar-refractivity contribution in [1.29, 1.82) is 0 Å². The lowest BCUT2D eigenvalue weighted by Crippen LogP contribution is -2.38. The fraction of sp³-hybridized carbons (Fsp3) is 0.500. The van der Waals surface area contributed by atoms with Gasteiger partial charge in [-0.15, -0.1) is 0 Å². The standard InChI is InChI=1S/C16H22N2O2S/c1-2-18(15-7-3-4-8-15)21(19,20)16-11-9-14(10-12-16)6-5-13-17/h9-12,15H,2-4,7-8,13,17H2,1H3. The molecule has 0 heterocycles. The third kappa shape index (κ3) is 3.65.